The van der Waals surface area contributed by atoms with Gasteiger partial charge in [-0.1, -0.05) is 13.8 Å². The van der Waals surface area contributed by atoms with Gasteiger partial charge in [0.2, 0.25) is 5.91 Å². The molecule has 0 spiro atoms. The van der Waals surface area contributed by atoms with E-state index in [1.807, 2.05) is 18.7 Å². The molecule has 194 valence electrons. The quantitative estimate of drug-likeness (QED) is 0.369. The van der Waals surface area contributed by atoms with E-state index in [-0.39, 0.29) is 49.8 Å². The molecule has 0 bridgehead atoms. The number of nitrogens with zero attached hydrogens (tertiary/aromatic N) is 2. The molecular weight excluding hydrogens is 450 g/mol. The molecule has 3 aliphatic rings. The number of carbonyl (C=O) groups is 4. The minimum absolute atomic E-state index is 0.0816. The molecule has 0 aromatic rings. The predicted molar refractivity (Wildman–Crippen MR) is 129 cm³/mol. The highest BCUT2D eigenvalue weighted by Gasteiger charge is 2.49. The first-order chi connectivity index (χ1) is 16.8. The second-order valence-electron chi connectivity index (χ2n) is 10.1. The van der Waals surface area contributed by atoms with E-state index in [1.54, 1.807) is 4.90 Å². The third-order valence-electron chi connectivity index (χ3n) is 7.29. The van der Waals surface area contributed by atoms with Crippen LogP contribution in [0.5, 0.6) is 0 Å². The standard InChI is InChI=1S/C26H39N3O6/c1-18(2)24(31)15-28-12-13-29(14-20(28)16-34-19(3)30)25(32)10-11-27-26(33)35-17-23-21-8-6-4-5-7-9-22(21)23/h18,20-23H,6-17H2,1-3H3,(H,27,33)/t20?,21-,22+,23-. The molecule has 35 heavy (non-hydrogen) atoms. The van der Waals surface area contributed by atoms with Gasteiger partial charge in [-0.15, -0.1) is 11.8 Å². The van der Waals surface area contributed by atoms with Crippen LogP contribution in [0.3, 0.4) is 0 Å². The minimum atomic E-state index is -0.488. The Morgan fingerprint density at radius 3 is 2.31 bits per heavy atom. The van der Waals surface area contributed by atoms with Gasteiger partial charge >= 0.3 is 12.1 Å². The normalized spacial score (nSPS) is 25.9. The van der Waals surface area contributed by atoms with E-state index in [2.05, 4.69) is 17.2 Å². The molecule has 2 amide bonds. The summed E-state index contributed by atoms with van der Waals surface area (Å²) < 4.78 is 10.6. The second kappa shape index (κ2) is 12.9. The molecule has 0 aromatic carbocycles. The van der Waals surface area contributed by atoms with Crippen LogP contribution in [0.25, 0.3) is 0 Å². The summed E-state index contributed by atoms with van der Waals surface area (Å²) in [5, 5.41) is 2.68. The number of amides is 2. The zero-order valence-corrected chi connectivity index (χ0v) is 21.2. The van der Waals surface area contributed by atoms with Gasteiger partial charge in [0.25, 0.3) is 0 Å². The van der Waals surface area contributed by atoms with Gasteiger partial charge in [0.05, 0.1) is 19.2 Å². The summed E-state index contributed by atoms with van der Waals surface area (Å²) in [6.45, 7) is 7.46. The maximum atomic E-state index is 12.7. The number of ether oxygens (including phenoxy) is 2. The molecule has 3 rings (SSSR count). The summed E-state index contributed by atoms with van der Waals surface area (Å²) in [6, 6.07) is -0.238. The average molecular weight is 490 g/mol. The lowest BCUT2D eigenvalue weighted by Gasteiger charge is -2.41. The number of Topliss-reactive ketones (excluding diaryl/α,β-unsaturated/α-hetero) is 1. The zero-order valence-electron chi connectivity index (χ0n) is 21.2. The van der Waals surface area contributed by atoms with Crippen LogP contribution >= 0.6 is 0 Å². The number of hydrogen-bond donors (Lipinski definition) is 1. The molecule has 9 nitrogen and oxygen atoms in total. The van der Waals surface area contributed by atoms with Crippen molar-refractivity contribution >= 4 is 23.8 Å². The van der Waals surface area contributed by atoms with Gasteiger partial charge in [0, 0.05) is 58.3 Å². The molecule has 4 atom stereocenters. The molecule has 9 heteroatoms. The fourth-order valence-electron chi connectivity index (χ4n) is 5.02. The average Bonchev–Trinajstić information content (AvgIpc) is 3.45. The molecule has 2 fully saturated rings. The van der Waals surface area contributed by atoms with E-state index >= 15 is 0 Å². The van der Waals surface area contributed by atoms with E-state index in [9.17, 15) is 19.2 Å². The Hall–Kier alpha value is -2.60. The second-order valence-corrected chi connectivity index (χ2v) is 10.1. The highest BCUT2D eigenvalue weighted by Crippen LogP contribution is 2.52. The first-order valence-electron chi connectivity index (χ1n) is 12.8. The summed E-state index contributed by atoms with van der Waals surface area (Å²) in [4.78, 5) is 52.1. The maximum Gasteiger partial charge on any atom is 0.407 e. The smallest absolute Gasteiger partial charge is 0.407 e. The first-order valence-corrected chi connectivity index (χ1v) is 12.8. The number of ketones is 1. The lowest BCUT2D eigenvalue weighted by atomic mass is 10.1. The molecular formula is C26H39N3O6. The maximum absolute atomic E-state index is 12.7. The summed E-state index contributed by atoms with van der Waals surface area (Å²) in [7, 11) is 0. The van der Waals surface area contributed by atoms with Crippen LogP contribution in [0.2, 0.25) is 0 Å². The van der Waals surface area contributed by atoms with Crippen molar-refractivity contribution < 1.29 is 28.7 Å². The molecule has 1 N–H and O–H groups in total. The van der Waals surface area contributed by atoms with Gasteiger partial charge in [0.15, 0.2) is 0 Å². The predicted octanol–water partition coefficient (Wildman–Crippen LogP) is 1.84. The number of rotatable bonds is 10. The number of piperazine rings is 1. The van der Waals surface area contributed by atoms with Crippen molar-refractivity contribution in [2.45, 2.75) is 58.9 Å². The molecule has 2 aliphatic carbocycles. The van der Waals surface area contributed by atoms with Crippen LogP contribution in [0.15, 0.2) is 0 Å². The summed E-state index contributed by atoms with van der Waals surface area (Å²) in [5.74, 6) is 7.58. The van der Waals surface area contributed by atoms with Crippen molar-refractivity contribution in [3.8, 4) is 11.8 Å². The molecule has 1 heterocycles. The topological polar surface area (TPSA) is 105 Å². The van der Waals surface area contributed by atoms with Crippen molar-refractivity contribution in [1.82, 2.24) is 15.1 Å². The largest absolute Gasteiger partial charge is 0.464 e. The van der Waals surface area contributed by atoms with E-state index in [0.29, 0.717) is 44.0 Å². The molecule has 0 aromatic heterocycles. The van der Waals surface area contributed by atoms with E-state index in [1.165, 1.54) is 6.92 Å². The number of carbonyl (C=O) groups excluding carboxylic acids is 4. The van der Waals surface area contributed by atoms with Crippen LogP contribution < -0.4 is 5.32 Å². The number of alkyl carbamates (subject to hydrolysis) is 1. The third kappa shape index (κ3) is 8.24. The minimum Gasteiger partial charge on any atom is -0.464 e. The first kappa shape index (κ1) is 27.0. The SMILES string of the molecule is CC(=O)OCC1CN(C(=O)CCNC(=O)OC[C@@H]2[C@@H]3CCC#CCC[C@@H]32)CCN1CC(=O)C(C)C. The van der Waals surface area contributed by atoms with Gasteiger partial charge < -0.3 is 19.7 Å². The van der Waals surface area contributed by atoms with E-state index < -0.39 is 12.1 Å². The Bertz CT molecular complexity index is 830. The Morgan fingerprint density at radius 1 is 1.00 bits per heavy atom. The van der Waals surface area contributed by atoms with E-state index in [0.717, 1.165) is 25.7 Å². The third-order valence-corrected chi connectivity index (χ3v) is 7.29. The molecule has 1 unspecified atom stereocenters. The van der Waals surface area contributed by atoms with Gasteiger partial charge in [-0.3, -0.25) is 19.3 Å². The van der Waals surface area contributed by atoms with Crippen LogP contribution in [0, 0.1) is 35.5 Å². The summed E-state index contributed by atoms with van der Waals surface area (Å²) >= 11 is 0. The van der Waals surface area contributed by atoms with Crippen molar-refractivity contribution in [1.29, 1.82) is 0 Å². The van der Waals surface area contributed by atoms with Crippen LogP contribution in [0.1, 0.15) is 52.9 Å². The van der Waals surface area contributed by atoms with Crippen molar-refractivity contribution in [2.24, 2.45) is 23.7 Å². The van der Waals surface area contributed by atoms with Gasteiger partial charge in [-0.05, 0) is 30.6 Å². The molecule has 0 radical (unpaired) electrons. The highest BCUT2D eigenvalue weighted by atomic mass is 16.5. The molecule has 1 aliphatic heterocycles. The summed E-state index contributed by atoms with van der Waals surface area (Å²) in [6.07, 6.45) is 3.69. The van der Waals surface area contributed by atoms with Gasteiger partial charge in [-0.2, -0.15) is 0 Å². The monoisotopic (exact) mass is 489 g/mol. The Balaban J connectivity index is 1.37. The number of hydrogen-bond acceptors (Lipinski definition) is 7. The molecule has 1 saturated heterocycles. The van der Waals surface area contributed by atoms with Gasteiger partial charge in [0.1, 0.15) is 12.4 Å². The Labute approximate surface area is 208 Å². The Morgan fingerprint density at radius 2 is 1.69 bits per heavy atom. The fourth-order valence-corrected chi connectivity index (χ4v) is 5.02. The fraction of sp³-hybridized carbons (Fsp3) is 0.769. The van der Waals surface area contributed by atoms with Crippen molar-refractivity contribution in [3.63, 3.8) is 0 Å². The van der Waals surface area contributed by atoms with Crippen LogP contribution in [-0.4, -0.2) is 85.5 Å². The van der Waals surface area contributed by atoms with Crippen LogP contribution in [-0.2, 0) is 23.9 Å². The highest BCUT2D eigenvalue weighted by molar-refractivity contribution is 5.82. The lowest BCUT2D eigenvalue weighted by molar-refractivity contribution is -0.145. The Kier molecular flexibility index (Phi) is 9.96. The number of fused-ring (bicyclic) bond motifs is 1. The van der Waals surface area contributed by atoms with Crippen molar-refractivity contribution in [2.75, 3.05) is 45.9 Å². The van der Waals surface area contributed by atoms with Crippen molar-refractivity contribution in [3.05, 3.63) is 0 Å². The number of nitrogens with one attached hydrogen (secondary N) is 1. The van der Waals surface area contributed by atoms with E-state index in [4.69, 9.17) is 9.47 Å². The van der Waals surface area contributed by atoms with Crippen LogP contribution in [0.4, 0.5) is 4.79 Å². The summed E-state index contributed by atoms with van der Waals surface area (Å²) in [5.41, 5.74) is 0. The molecule has 1 saturated carbocycles. The van der Waals surface area contributed by atoms with Gasteiger partial charge in [-0.25, -0.2) is 4.79 Å². The number of esters is 1. The zero-order chi connectivity index (χ0) is 25.4. The lowest BCUT2D eigenvalue weighted by Crippen LogP contribution is -2.58.